The minimum absolute atomic E-state index is 0. The summed E-state index contributed by atoms with van der Waals surface area (Å²) in [5.41, 5.74) is 1.36. The third kappa shape index (κ3) is 5.31. The van der Waals surface area contributed by atoms with Gasteiger partial charge in [0, 0.05) is 37.2 Å². The van der Waals surface area contributed by atoms with E-state index in [-0.39, 0.29) is 51.4 Å². The van der Waals surface area contributed by atoms with Gasteiger partial charge in [-0.1, -0.05) is 34.1 Å². The Morgan fingerprint density at radius 1 is 1.00 bits per heavy atom. The molecule has 1 fully saturated rings. The number of nitrogens with zero attached hydrogens (tertiary/aromatic N) is 2. The van der Waals surface area contributed by atoms with Crippen LogP contribution in [0.5, 0.6) is 0 Å². The van der Waals surface area contributed by atoms with E-state index in [2.05, 4.69) is 56.1 Å². The van der Waals surface area contributed by atoms with Crippen molar-refractivity contribution in [3.05, 3.63) is 30.3 Å². The molecule has 1 heterocycles. The monoisotopic (exact) mass is 322 g/mol. The van der Waals surface area contributed by atoms with Crippen molar-refractivity contribution in [1.82, 2.24) is 4.90 Å². The Labute approximate surface area is 155 Å². The van der Waals surface area contributed by atoms with Crippen LogP contribution in [0.1, 0.15) is 6.42 Å². The van der Waals surface area contributed by atoms with Gasteiger partial charge in [0.2, 0.25) is 0 Å². The number of hydrogen-bond donors (Lipinski definition) is 0. The summed E-state index contributed by atoms with van der Waals surface area (Å²) in [6, 6.07) is 10.7. The van der Waals surface area contributed by atoms with Gasteiger partial charge in [0.15, 0.2) is 0 Å². The summed E-state index contributed by atoms with van der Waals surface area (Å²) >= 11 is 3.49. The molecule has 0 saturated carbocycles. The SMILES string of the molecule is BrCCCN1CCN(c2ccccc2)CC1.[KH]. The second-order valence-electron chi connectivity index (χ2n) is 4.21. The van der Waals surface area contributed by atoms with Crippen LogP contribution in [-0.2, 0) is 0 Å². The zero-order chi connectivity index (χ0) is 11.2. The van der Waals surface area contributed by atoms with Gasteiger partial charge < -0.3 is 4.90 Å². The van der Waals surface area contributed by atoms with E-state index in [1.54, 1.807) is 0 Å². The topological polar surface area (TPSA) is 6.48 Å². The number of rotatable bonds is 4. The molecule has 0 aliphatic carbocycles. The van der Waals surface area contributed by atoms with Crippen molar-refractivity contribution in [2.24, 2.45) is 0 Å². The molecule has 1 aliphatic rings. The van der Waals surface area contributed by atoms with Crippen LogP contribution < -0.4 is 4.90 Å². The Morgan fingerprint density at radius 2 is 1.65 bits per heavy atom. The van der Waals surface area contributed by atoms with E-state index < -0.39 is 0 Å². The summed E-state index contributed by atoms with van der Waals surface area (Å²) in [5, 5.41) is 1.12. The molecule has 1 aromatic carbocycles. The summed E-state index contributed by atoms with van der Waals surface area (Å²) in [6.45, 7) is 5.94. The van der Waals surface area contributed by atoms with Crippen LogP contribution >= 0.6 is 15.9 Å². The number of piperazine rings is 1. The fourth-order valence-electron chi connectivity index (χ4n) is 2.15. The van der Waals surface area contributed by atoms with Crippen molar-refractivity contribution in [2.45, 2.75) is 6.42 Å². The molecule has 1 aromatic rings. The molecule has 1 aliphatic heterocycles. The van der Waals surface area contributed by atoms with Crippen LogP contribution in [0.15, 0.2) is 30.3 Å². The van der Waals surface area contributed by atoms with Crippen LogP contribution in [0.25, 0.3) is 0 Å². The Hall–Kier alpha value is 1.10. The predicted molar refractivity (Wildman–Crippen MR) is 80.7 cm³/mol. The third-order valence-electron chi connectivity index (χ3n) is 3.10. The van der Waals surface area contributed by atoms with Crippen molar-refractivity contribution in [1.29, 1.82) is 0 Å². The van der Waals surface area contributed by atoms with Gasteiger partial charge in [-0.05, 0) is 25.1 Å². The molecular weight excluding hydrogens is 303 g/mol. The average molecular weight is 323 g/mol. The Balaban J connectivity index is 0.00000144. The summed E-state index contributed by atoms with van der Waals surface area (Å²) in [5.74, 6) is 0. The fraction of sp³-hybridized carbons (Fsp3) is 0.538. The number of benzene rings is 1. The normalized spacial score (nSPS) is 16.6. The van der Waals surface area contributed by atoms with E-state index >= 15 is 0 Å². The second kappa shape index (κ2) is 9.07. The summed E-state index contributed by atoms with van der Waals surface area (Å²) in [7, 11) is 0. The molecule has 1 saturated heterocycles. The predicted octanol–water partition coefficient (Wildman–Crippen LogP) is 1.95. The average Bonchev–Trinajstić information content (AvgIpc) is 2.38. The number of halogens is 1. The molecule has 0 amide bonds. The molecular formula is C13H20BrKN2. The number of para-hydroxylation sites is 1. The Bertz CT molecular complexity index is 300. The van der Waals surface area contributed by atoms with Crippen molar-refractivity contribution in [2.75, 3.05) is 43.0 Å². The summed E-state index contributed by atoms with van der Waals surface area (Å²) in [4.78, 5) is 5.03. The van der Waals surface area contributed by atoms with Gasteiger partial charge in [0.05, 0.1) is 0 Å². The standard InChI is InChI=1S/C13H19BrN2.K.H/c14-7-4-8-15-9-11-16(12-10-15)13-5-2-1-3-6-13;;/h1-3,5-6H,4,7-12H2;;. The second-order valence-corrected chi connectivity index (χ2v) is 5.00. The Morgan fingerprint density at radius 3 is 2.24 bits per heavy atom. The molecule has 4 heteroatoms. The van der Waals surface area contributed by atoms with Gasteiger partial charge in [-0.25, -0.2) is 0 Å². The molecule has 17 heavy (non-hydrogen) atoms. The number of hydrogen-bond acceptors (Lipinski definition) is 2. The van der Waals surface area contributed by atoms with Gasteiger partial charge in [0.1, 0.15) is 0 Å². The third-order valence-corrected chi connectivity index (χ3v) is 3.66. The first kappa shape index (κ1) is 16.2. The quantitative estimate of drug-likeness (QED) is 0.617. The molecule has 0 aromatic heterocycles. The first-order chi connectivity index (χ1) is 7.90. The molecule has 0 unspecified atom stereocenters. The molecule has 2 nitrogen and oxygen atoms in total. The molecule has 2 rings (SSSR count). The maximum absolute atomic E-state index is 3.49. The van der Waals surface area contributed by atoms with Crippen molar-refractivity contribution < 1.29 is 0 Å². The van der Waals surface area contributed by atoms with Crippen LogP contribution in [-0.4, -0.2) is 94.3 Å². The van der Waals surface area contributed by atoms with E-state index in [9.17, 15) is 0 Å². The molecule has 0 N–H and O–H groups in total. The van der Waals surface area contributed by atoms with E-state index in [0.717, 1.165) is 18.4 Å². The fourth-order valence-corrected chi connectivity index (χ4v) is 2.40. The molecule has 0 bridgehead atoms. The van der Waals surface area contributed by atoms with E-state index in [4.69, 9.17) is 0 Å². The van der Waals surface area contributed by atoms with E-state index in [1.165, 1.54) is 31.7 Å². The zero-order valence-corrected chi connectivity index (χ0v) is 11.2. The van der Waals surface area contributed by atoms with Gasteiger partial charge in [0.25, 0.3) is 0 Å². The minimum atomic E-state index is 0. The van der Waals surface area contributed by atoms with Crippen molar-refractivity contribution in [3.8, 4) is 0 Å². The van der Waals surface area contributed by atoms with Gasteiger partial charge >= 0.3 is 51.4 Å². The van der Waals surface area contributed by atoms with Crippen LogP contribution in [0.4, 0.5) is 5.69 Å². The van der Waals surface area contributed by atoms with Crippen LogP contribution in [0, 0.1) is 0 Å². The summed E-state index contributed by atoms with van der Waals surface area (Å²) in [6.07, 6.45) is 1.26. The molecule has 0 atom stereocenters. The summed E-state index contributed by atoms with van der Waals surface area (Å²) < 4.78 is 0. The van der Waals surface area contributed by atoms with E-state index in [1.807, 2.05) is 0 Å². The van der Waals surface area contributed by atoms with Crippen molar-refractivity contribution >= 4 is 73.0 Å². The molecule has 0 radical (unpaired) electrons. The molecule has 0 spiro atoms. The van der Waals surface area contributed by atoms with Crippen LogP contribution in [0.3, 0.4) is 0 Å². The Kier molecular flexibility index (Phi) is 8.62. The number of alkyl halides is 1. The maximum atomic E-state index is 3.49. The number of anilines is 1. The first-order valence-electron chi connectivity index (χ1n) is 5.98. The van der Waals surface area contributed by atoms with Crippen molar-refractivity contribution in [3.63, 3.8) is 0 Å². The van der Waals surface area contributed by atoms with Gasteiger partial charge in [-0.3, -0.25) is 4.90 Å². The zero-order valence-electron chi connectivity index (χ0n) is 9.61. The first-order valence-corrected chi connectivity index (χ1v) is 7.10. The van der Waals surface area contributed by atoms with E-state index in [0.29, 0.717) is 0 Å². The van der Waals surface area contributed by atoms with Gasteiger partial charge in [-0.2, -0.15) is 0 Å². The van der Waals surface area contributed by atoms with Gasteiger partial charge in [-0.15, -0.1) is 0 Å². The van der Waals surface area contributed by atoms with Crippen LogP contribution in [0.2, 0.25) is 0 Å². The molecule has 90 valence electrons.